The average Bonchev–Trinajstić information content (AvgIpc) is 3.21. The van der Waals surface area contributed by atoms with Gasteiger partial charge in [0.1, 0.15) is 5.75 Å². The van der Waals surface area contributed by atoms with Crippen LogP contribution in [0.5, 0.6) is 5.75 Å². The summed E-state index contributed by atoms with van der Waals surface area (Å²) >= 11 is 0. The van der Waals surface area contributed by atoms with Gasteiger partial charge < -0.3 is 9.64 Å². The maximum absolute atomic E-state index is 12.5. The summed E-state index contributed by atoms with van der Waals surface area (Å²) in [5.41, 5.74) is 2.62. The van der Waals surface area contributed by atoms with Gasteiger partial charge in [-0.2, -0.15) is 0 Å². The molecule has 0 saturated carbocycles. The summed E-state index contributed by atoms with van der Waals surface area (Å²) in [7, 11) is -2.40. The minimum Gasteiger partial charge on any atom is -0.493 e. The third kappa shape index (κ3) is 4.23. The molecule has 0 bridgehead atoms. The fourth-order valence-electron chi connectivity index (χ4n) is 3.95. The third-order valence-corrected chi connectivity index (χ3v) is 7.61. The predicted octanol–water partition coefficient (Wildman–Crippen LogP) is 2.77. The highest BCUT2D eigenvalue weighted by atomic mass is 32.2. The maximum Gasteiger partial charge on any atom is 0.225 e. The van der Waals surface area contributed by atoms with Gasteiger partial charge in [0.05, 0.1) is 21.2 Å². The lowest BCUT2D eigenvalue weighted by atomic mass is 10.0. The molecule has 0 radical (unpaired) electrons. The summed E-state index contributed by atoms with van der Waals surface area (Å²) in [6.45, 7) is 9.08. The minimum absolute atomic E-state index is 0.343. The van der Waals surface area contributed by atoms with Crippen molar-refractivity contribution in [1.82, 2.24) is 14.9 Å². The van der Waals surface area contributed by atoms with Crippen LogP contribution in [0.1, 0.15) is 31.0 Å². The van der Waals surface area contributed by atoms with Crippen molar-refractivity contribution in [3.63, 3.8) is 0 Å². The molecular weight excluding hydrogens is 386 g/mol. The van der Waals surface area contributed by atoms with Gasteiger partial charge >= 0.3 is 0 Å². The Hall–Kier alpha value is -2.19. The summed E-state index contributed by atoms with van der Waals surface area (Å²) in [6, 6.07) is 6.98. The lowest BCUT2D eigenvalue weighted by Gasteiger charge is -2.38. The van der Waals surface area contributed by atoms with Crippen LogP contribution in [0.2, 0.25) is 0 Å². The molecule has 2 aliphatic rings. The molecule has 7 nitrogen and oxygen atoms in total. The highest BCUT2D eigenvalue weighted by Crippen LogP contribution is 2.31. The fraction of sp³-hybridized carbons (Fsp3) is 0.524. The van der Waals surface area contributed by atoms with E-state index in [1.807, 2.05) is 6.92 Å². The normalized spacial score (nSPS) is 19.9. The topological polar surface area (TPSA) is 70.9 Å². The zero-order valence-corrected chi connectivity index (χ0v) is 18.2. The number of anilines is 1. The van der Waals surface area contributed by atoms with Crippen molar-refractivity contribution in [2.45, 2.75) is 31.2 Å². The standard InChI is InChI=1S/C21H29N5O2S/c1-4-24-29(3,27)19-14-22-21(23-15-19)26-10-8-25(9-11-26)16(2)18-6-5-17-7-12-28-20(17)13-18/h5-6,13-16H,4,7-12H2,1-3H3/t16-,29-/m0/s1. The average molecular weight is 416 g/mol. The van der Waals surface area contributed by atoms with Crippen LogP contribution in [0.15, 0.2) is 39.9 Å². The quantitative estimate of drug-likeness (QED) is 0.748. The third-order valence-electron chi connectivity index (χ3n) is 5.77. The van der Waals surface area contributed by atoms with E-state index in [9.17, 15) is 4.21 Å². The second-order valence-corrected chi connectivity index (χ2v) is 9.97. The van der Waals surface area contributed by atoms with Gasteiger partial charge in [-0.25, -0.2) is 18.5 Å². The number of benzene rings is 1. The number of rotatable bonds is 5. The molecule has 29 heavy (non-hydrogen) atoms. The molecule has 0 aliphatic carbocycles. The van der Waals surface area contributed by atoms with E-state index in [-0.39, 0.29) is 0 Å². The van der Waals surface area contributed by atoms with E-state index in [0.29, 0.717) is 23.4 Å². The monoisotopic (exact) mass is 415 g/mol. The van der Waals surface area contributed by atoms with Gasteiger partial charge in [0, 0.05) is 63.8 Å². The van der Waals surface area contributed by atoms with Crippen LogP contribution in [0.25, 0.3) is 0 Å². The first-order chi connectivity index (χ1) is 14.0. The molecule has 0 spiro atoms. The molecule has 0 amide bonds. The molecule has 0 N–H and O–H groups in total. The van der Waals surface area contributed by atoms with Crippen molar-refractivity contribution < 1.29 is 8.95 Å². The zero-order valence-electron chi connectivity index (χ0n) is 17.4. The highest BCUT2D eigenvalue weighted by Gasteiger charge is 2.24. The van der Waals surface area contributed by atoms with Gasteiger partial charge in [-0.3, -0.25) is 4.90 Å². The number of ether oxygens (including phenoxy) is 1. The van der Waals surface area contributed by atoms with Crippen LogP contribution in [0.4, 0.5) is 5.95 Å². The Morgan fingerprint density at radius 3 is 2.62 bits per heavy atom. The summed E-state index contributed by atoms with van der Waals surface area (Å²) in [4.78, 5) is 14.2. The first-order valence-electron chi connectivity index (χ1n) is 10.2. The molecule has 2 aromatic rings. The summed E-state index contributed by atoms with van der Waals surface area (Å²) in [5, 5.41) is 0. The van der Waals surface area contributed by atoms with E-state index in [4.69, 9.17) is 4.74 Å². The van der Waals surface area contributed by atoms with Crippen molar-refractivity contribution in [3.8, 4) is 5.75 Å². The Bertz CT molecular complexity index is 977. The summed E-state index contributed by atoms with van der Waals surface area (Å²) < 4.78 is 22.4. The lowest BCUT2D eigenvalue weighted by Crippen LogP contribution is -2.47. The van der Waals surface area contributed by atoms with Gasteiger partial charge in [0.2, 0.25) is 5.95 Å². The Labute approximate surface area is 173 Å². The van der Waals surface area contributed by atoms with Crippen LogP contribution in [0, 0.1) is 0 Å². The van der Waals surface area contributed by atoms with Gasteiger partial charge in [-0.15, -0.1) is 0 Å². The first kappa shape index (κ1) is 20.1. The Kier molecular flexibility index (Phi) is 5.74. The van der Waals surface area contributed by atoms with E-state index < -0.39 is 9.73 Å². The second-order valence-electron chi connectivity index (χ2n) is 7.63. The molecule has 2 aliphatic heterocycles. The van der Waals surface area contributed by atoms with Crippen LogP contribution in [-0.4, -0.2) is 64.7 Å². The molecule has 0 unspecified atom stereocenters. The Morgan fingerprint density at radius 1 is 1.21 bits per heavy atom. The minimum atomic E-state index is -2.40. The van der Waals surface area contributed by atoms with E-state index in [2.05, 4.69) is 49.3 Å². The molecular formula is C21H29N5O2S. The van der Waals surface area contributed by atoms with E-state index in [1.54, 1.807) is 18.6 Å². The molecule has 3 heterocycles. The van der Waals surface area contributed by atoms with E-state index in [1.165, 1.54) is 11.1 Å². The zero-order chi connectivity index (χ0) is 20.4. The van der Waals surface area contributed by atoms with E-state index >= 15 is 0 Å². The van der Waals surface area contributed by atoms with Crippen molar-refractivity contribution in [3.05, 3.63) is 41.7 Å². The molecule has 1 saturated heterocycles. The van der Waals surface area contributed by atoms with Crippen molar-refractivity contribution in [2.75, 3.05) is 50.5 Å². The summed E-state index contributed by atoms with van der Waals surface area (Å²) in [6.07, 6.45) is 5.97. The Balaban J connectivity index is 1.39. The van der Waals surface area contributed by atoms with Crippen LogP contribution in [-0.2, 0) is 16.1 Å². The molecule has 2 atom stereocenters. The van der Waals surface area contributed by atoms with Gasteiger partial charge in [0.15, 0.2) is 0 Å². The van der Waals surface area contributed by atoms with Gasteiger partial charge in [-0.05, 0) is 31.0 Å². The maximum atomic E-state index is 12.5. The number of nitrogens with zero attached hydrogens (tertiary/aromatic N) is 5. The number of aromatic nitrogens is 2. The van der Waals surface area contributed by atoms with Crippen molar-refractivity contribution in [1.29, 1.82) is 0 Å². The van der Waals surface area contributed by atoms with Crippen molar-refractivity contribution >= 4 is 15.7 Å². The highest BCUT2D eigenvalue weighted by molar-refractivity contribution is 7.93. The largest absolute Gasteiger partial charge is 0.493 e. The number of fused-ring (bicyclic) bond motifs is 1. The lowest BCUT2D eigenvalue weighted by molar-refractivity contribution is 0.197. The Morgan fingerprint density at radius 2 is 1.93 bits per heavy atom. The van der Waals surface area contributed by atoms with Crippen molar-refractivity contribution in [2.24, 2.45) is 4.36 Å². The fourth-order valence-corrected chi connectivity index (χ4v) is 5.09. The molecule has 1 aromatic carbocycles. The van der Waals surface area contributed by atoms with Crippen LogP contribution >= 0.6 is 0 Å². The molecule has 1 fully saturated rings. The number of hydrogen-bond acceptors (Lipinski definition) is 7. The molecule has 8 heteroatoms. The molecule has 4 rings (SSSR count). The second kappa shape index (κ2) is 8.28. The number of hydrogen-bond donors (Lipinski definition) is 0. The predicted molar refractivity (Wildman–Crippen MR) is 115 cm³/mol. The van der Waals surface area contributed by atoms with Gasteiger partial charge in [-0.1, -0.05) is 12.1 Å². The number of piperazine rings is 1. The molecule has 1 aromatic heterocycles. The SMILES string of the molecule is CCN=[S@@](C)(=O)c1cnc(N2CCN([C@@H](C)c3ccc4c(c3)OCC4)CC2)nc1. The summed E-state index contributed by atoms with van der Waals surface area (Å²) in [5.74, 6) is 1.74. The van der Waals surface area contributed by atoms with Gasteiger partial charge in [0.25, 0.3) is 0 Å². The smallest absolute Gasteiger partial charge is 0.225 e. The first-order valence-corrected chi connectivity index (χ1v) is 12.1. The van der Waals surface area contributed by atoms with E-state index in [0.717, 1.165) is 45.0 Å². The van der Waals surface area contributed by atoms with Crippen LogP contribution < -0.4 is 9.64 Å². The van der Waals surface area contributed by atoms with Crippen LogP contribution in [0.3, 0.4) is 0 Å². The molecule has 156 valence electrons.